The molecule has 0 aliphatic carbocycles. The maximum absolute atomic E-state index is 12.0. The van der Waals surface area contributed by atoms with Gasteiger partial charge in [0.2, 0.25) is 0 Å². The molecule has 0 radical (unpaired) electrons. The fourth-order valence-corrected chi connectivity index (χ4v) is 0.727. The molecule has 14 heavy (non-hydrogen) atoms. The first-order valence-corrected chi connectivity index (χ1v) is 3.47. The predicted molar refractivity (Wildman–Crippen MR) is 41.7 cm³/mol. The van der Waals surface area contributed by atoms with Crippen LogP contribution in [0.1, 0.15) is 11.3 Å². The average molecular weight is 196 g/mol. The number of aromatic nitrogens is 1. The van der Waals surface area contributed by atoms with E-state index in [-0.39, 0.29) is 5.69 Å². The summed E-state index contributed by atoms with van der Waals surface area (Å²) in [4.78, 5) is 3.44. The van der Waals surface area contributed by atoms with Crippen molar-refractivity contribution in [2.24, 2.45) is 0 Å². The van der Waals surface area contributed by atoms with Crippen molar-refractivity contribution in [1.82, 2.24) is 4.98 Å². The number of halogens is 3. The molecule has 0 fully saturated rings. The summed E-state index contributed by atoms with van der Waals surface area (Å²) in [6.07, 6.45) is -3.71. The van der Waals surface area contributed by atoms with Gasteiger partial charge in [-0.1, -0.05) is 0 Å². The Labute approximate surface area is 78.0 Å². The van der Waals surface area contributed by atoms with Crippen LogP contribution in [0.5, 0.6) is 0 Å². The largest absolute Gasteiger partial charge is 0.417 e. The lowest BCUT2D eigenvalue weighted by atomic mass is 10.2. The van der Waals surface area contributed by atoms with Gasteiger partial charge < -0.3 is 0 Å². The topological polar surface area (TPSA) is 36.7 Å². The van der Waals surface area contributed by atoms with Crippen LogP contribution in [0.4, 0.5) is 13.2 Å². The van der Waals surface area contributed by atoms with Gasteiger partial charge in [0, 0.05) is 12.1 Å². The van der Waals surface area contributed by atoms with E-state index in [4.69, 9.17) is 5.26 Å². The third kappa shape index (κ3) is 2.49. The van der Waals surface area contributed by atoms with Crippen LogP contribution >= 0.6 is 0 Å². The Bertz CT molecular complexity index is 415. The van der Waals surface area contributed by atoms with Crippen LogP contribution in [0.25, 0.3) is 0 Å². The molecule has 0 unspecified atom stereocenters. The first kappa shape index (κ1) is 10.1. The van der Waals surface area contributed by atoms with Crippen LogP contribution in [0, 0.1) is 23.2 Å². The highest BCUT2D eigenvalue weighted by atomic mass is 19.4. The molecule has 70 valence electrons. The van der Waals surface area contributed by atoms with E-state index in [2.05, 4.69) is 10.9 Å². The zero-order chi connectivity index (χ0) is 10.6. The monoisotopic (exact) mass is 196 g/mol. The number of nitriles is 1. The SMILES string of the molecule is N#CC#Cc1ccc(C(F)(F)F)cn1. The summed E-state index contributed by atoms with van der Waals surface area (Å²) >= 11 is 0. The van der Waals surface area contributed by atoms with E-state index in [1.807, 2.05) is 5.92 Å². The van der Waals surface area contributed by atoms with Gasteiger partial charge >= 0.3 is 6.18 Å². The van der Waals surface area contributed by atoms with Crippen molar-refractivity contribution in [2.45, 2.75) is 6.18 Å². The van der Waals surface area contributed by atoms with Crippen LogP contribution in [0.2, 0.25) is 0 Å². The Morgan fingerprint density at radius 2 is 2.00 bits per heavy atom. The highest BCUT2D eigenvalue weighted by Gasteiger charge is 2.30. The van der Waals surface area contributed by atoms with Crippen molar-refractivity contribution in [3.8, 4) is 17.9 Å². The number of alkyl halides is 3. The zero-order valence-electron chi connectivity index (χ0n) is 6.76. The molecule has 0 spiro atoms. The first-order valence-electron chi connectivity index (χ1n) is 3.47. The zero-order valence-corrected chi connectivity index (χ0v) is 6.76. The van der Waals surface area contributed by atoms with Gasteiger partial charge in [-0.3, -0.25) is 0 Å². The molecule has 0 aliphatic rings. The van der Waals surface area contributed by atoms with E-state index < -0.39 is 11.7 Å². The standard InChI is InChI=1S/C9H3F3N2/c10-9(11,12)7-3-4-8(14-6-7)2-1-5-13/h3-4,6H. The molecule has 1 rings (SSSR count). The van der Waals surface area contributed by atoms with Gasteiger partial charge in [0.05, 0.1) is 5.56 Å². The summed E-state index contributed by atoms with van der Waals surface area (Å²) in [6.45, 7) is 0. The molecule has 2 nitrogen and oxygen atoms in total. The third-order valence-corrected chi connectivity index (χ3v) is 1.34. The van der Waals surface area contributed by atoms with Crippen LogP contribution < -0.4 is 0 Å². The van der Waals surface area contributed by atoms with E-state index in [0.717, 1.165) is 12.1 Å². The van der Waals surface area contributed by atoms with E-state index in [0.29, 0.717) is 6.20 Å². The minimum absolute atomic E-state index is 0.138. The predicted octanol–water partition coefficient (Wildman–Crippen LogP) is 1.98. The molecule has 0 aliphatic heterocycles. The Morgan fingerprint density at radius 1 is 1.29 bits per heavy atom. The van der Waals surface area contributed by atoms with Crippen LogP contribution in [-0.2, 0) is 6.18 Å². The molecule has 0 saturated carbocycles. The summed E-state index contributed by atoms with van der Waals surface area (Å²) in [7, 11) is 0. The number of hydrogen-bond acceptors (Lipinski definition) is 2. The Balaban J connectivity index is 2.96. The van der Waals surface area contributed by atoms with Gasteiger partial charge in [-0.15, -0.1) is 0 Å². The minimum atomic E-state index is -4.39. The fraction of sp³-hybridized carbons (Fsp3) is 0.111. The number of rotatable bonds is 0. The number of nitrogens with zero attached hydrogens (tertiary/aromatic N) is 2. The summed E-state index contributed by atoms with van der Waals surface area (Å²) in [6, 6.07) is 3.53. The molecular formula is C9H3F3N2. The lowest BCUT2D eigenvalue weighted by molar-refractivity contribution is -0.137. The van der Waals surface area contributed by atoms with Crippen LogP contribution in [-0.4, -0.2) is 4.98 Å². The van der Waals surface area contributed by atoms with E-state index in [9.17, 15) is 13.2 Å². The maximum atomic E-state index is 12.0. The second-order valence-corrected chi connectivity index (χ2v) is 2.29. The molecule has 1 aromatic heterocycles. The molecule has 0 aromatic carbocycles. The molecule has 0 saturated heterocycles. The fourth-order valence-electron chi connectivity index (χ4n) is 0.727. The van der Waals surface area contributed by atoms with Gasteiger partial charge in [0.25, 0.3) is 0 Å². The van der Waals surface area contributed by atoms with Gasteiger partial charge in [-0.25, -0.2) is 4.98 Å². The lowest BCUT2D eigenvalue weighted by Crippen LogP contribution is -2.05. The summed E-state index contributed by atoms with van der Waals surface area (Å²) in [5.74, 6) is 4.32. The average Bonchev–Trinajstić information content (AvgIpc) is 2.14. The number of pyridine rings is 1. The summed E-state index contributed by atoms with van der Waals surface area (Å²) in [5, 5.41) is 8.08. The quantitative estimate of drug-likeness (QED) is 0.595. The van der Waals surface area contributed by atoms with Gasteiger partial charge in [-0.05, 0) is 18.1 Å². The van der Waals surface area contributed by atoms with E-state index in [1.54, 1.807) is 0 Å². The van der Waals surface area contributed by atoms with Gasteiger partial charge in [0.15, 0.2) is 6.07 Å². The highest BCUT2D eigenvalue weighted by molar-refractivity contribution is 5.33. The molecule has 0 amide bonds. The van der Waals surface area contributed by atoms with E-state index in [1.165, 1.54) is 6.07 Å². The first-order chi connectivity index (χ1) is 6.54. The minimum Gasteiger partial charge on any atom is -0.247 e. The van der Waals surface area contributed by atoms with E-state index >= 15 is 0 Å². The molecule has 0 atom stereocenters. The molecule has 0 bridgehead atoms. The summed E-state index contributed by atoms with van der Waals surface area (Å²) in [5.41, 5.74) is -0.695. The van der Waals surface area contributed by atoms with Crippen LogP contribution in [0.3, 0.4) is 0 Å². The Hall–Kier alpha value is -2.01. The normalized spacial score (nSPS) is 9.86. The Morgan fingerprint density at radius 3 is 2.43 bits per heavy atom. The molecular weight excluding hydrogens is 193 g/mol. The van der Waals surface area contributed by atoms with Crippen molar-refractivity contribution >= 4 is 0 Å². The van der Waals surface area contributed by atoms with Crippen molar-refractivity contribution in [3.05, 3.63) is 29.6 Å². The molecule has 5 heteroatoms. The van der Waals surface area contributed by atoms with Crippen molar-refractivity contribution in [1.29, 1.82) is 5.26 Å². The van der Waals surface area contributed by atoms with Crippen molar-refractivity contribution in [2.75, 3.05) is 0 Å². The molecule has 0 N–H and O–H groups in total. The highest BCUT2D eigenvalue weighted by Crippen LogP contribution is 2.28. The number of hydrogen-bond donors (Lipinski definition) is 0. The van der Waals surface area contributed by atoms with Gasteiger partial charge in [0.1, 0.15) is 5.69 Å². The lowest BCUT2D eigenvalue weighted by Gasteiger charge is -2.04. The smallest absolute Gasteiger partial charge is 0.247 e. The van der Waals surface area contributed by atoms with Crippen molar-refractivity contribution < 1.29 is 13.2 Å². The van der Waals surface area contributed by atoms with Gasteiger partial charge in [-0.2, -0.15) is 18.4 Å². The van der Waals surface area contributed by atoms with Crippen LogP contribution in [0.15, 0.2) is 18.3 Å². The maximum Gasteiger partial charge on any atom is 0.417 e. The molecule has 1 aromatic rings. The Kier molecular flexibility index (Phi) is 2.73. The van der Waals surface area contributed by atoms with Crippen molar-refractivity contribution in [3.63, 3.8) is 0 Å². The third-order valence-electron chi connectivity index (χ3n) is 1.34. The second kappa shape index (κ2) is 3.80. The summed E-state index contributed by atoms with van der Waals surface area (Å²) < 4.78 is 36.1. The molecule has 1 heterocycles. The second-order valence-electron chi connectivity index (χ2n) is 2.29.